The van der Waals surface area contributed by atoms with Gasteiger partial charge in [0.05, 0.1) is 16.9 Å². The van der Waals surface area contributed by atoms with Crippen molar-refractivity contribution < 1.29 is 4.79 Å². The minimum atomic E-state index is -0.0770. The topological polar surface area (TPSA) is 117 Å². The number of pyridine rings is 1. The van der Waals surface area contributed by atoms with Gasteiger partial charge in [0.15, 0.2) is 5.82 Å². The zero-order valence-corrected chi connectivity index (χ0v) is 24.8. The van der Waals surface area contributed by atoms with Gasteiger partial charge in [0.2, 0.25) is 0 Å². The third-order valence-corrected chi connectivity index (χ3v) is 8.39. The Morgan fingerprint density at radius 3 is 2.55 bits per heavy atom. The molecule has 7 rings (SSSR count). The van der Waals surface area contributed by atoms with E-state index >= 15 is 0 Å². The Hall–Kier alpha value is -5.22. The molecular weight excluding hydrogens is 574 g/mol. The van der Waals surface area contributed by atoms with Gasteiger partial charge in [-0.15, -0.1) is 0 Å². The number of anilines is 3. The average Bonchev–Trinajstić information content (AvgIpc) is 3.71. The van der Waals surface area contributed by atoms with Crippen LogP contribution in [0.15, 0.2) is 91.6 Å². The molecule has 10 nitrogen and oxygen atoms in total. The van der Waals surface area contributed by atoms with Crippen LogP contribution in [0.1, 0.15) is 23.3 Å². The summed E-state index contributed by atoms with van der Waals surface area (Å²) in [6, 6.07) is 19.9. The van der Waals surface area contributed by atoms with Gasteiger partial charge in [-0.05, 0) is 54.8 Å². The first-order valence-electron chi connectivity index (χ1n) is 14.5. The lowest BCUT2D eigenvalue weighted by Gasteiger charge is -2.34. The van der Waals surface area contributed by atoms with E-state index in [9.17, 15) is 4.79 Å². The maximum Gasteiger partial charge on any atom is 0.268 e. The van der Waals surface area contributed by atoms with Crippen molar-refractivity contribution >= 4 is 45.6 Å². The summed E-state index contributed by atoms with van der Waals surface area (Å²) in [5.41, 5.74) is 6.44. The molecule has 44 heavy (non-hydrogen) atoms. The summed E-state index contributed by atoms with van der Waals surface area (Å²) in [4.78, 5) is 29.0. The van der Waals surface area contributed by atoms with Crippen molar-refractivity contribution in [3.63, 3.8) is 0 Å². The molecule has 0 saturated carbocycles. The van der Waals surface area contributed by atoms with E-state index in [0.717, 1.165) is 64.9 Å². The molecule has 1 amide bonds. The maximum atomic E-state index is 13.4. The molecule has 0 bridgehead atoms. The van der Waals surface area contributed by atoms with E-state index in [4.69, 9.17) is 16.6 Å². The van der Waals surface area contributed by atoms with Crippen molar-refractivity contribution in [1.29, 1.82) is 0 Å². The lowest BCUT2D eigenvalue weighted by molar-refractivity contribution is 0.0923. The SMILES string of the molecule is Cn1c(C(=O)NC2CCN(c3ccncc3Cl)CC2)cc2ccc(-c3nccc(Nc4ccc(-c5cn[nH]c5)cc4)n3)cc21. The number of piperidine rings is 1. The van der Waals surface area contributed by atoms with Gasteiger partial charge in [-0.1, -0.05) is 35.9 Å². The number of halogens is 1. The van der Waals surface area contributed by atoms with Crippen molar-refractivity contribution in [2.24, 2.45) is 7.05 Å². The second kappa shape index (κ2) is 11.8. The highest BCUT2D eigenvalue weighted by Crippen LogP contribution is 2.29. The van der Waals surface area contributed by atoms with Gasteiger partial charge >= 0.3 is 0 Å². The Morgan fingerprint density at radius 2 is 1.77 bits per heavy atom. The van der Waals surface area contributed by atoms with Crippen molar-refractivity contribution in [2.45, 2.75) is 18.9 Å². The first kappa shape index (κ1) is 27.6. The van der Waals surface area contributed by atoms with Crippen LogP contribution in [-0.2, 0) is 7.05 Å². The number of amides is 1. The number of hydrogen-bond donors (Lipinski definition) is 3. The van der Waals surface area contributed by atoms with Crippen molar-refractivity contribution in [3.05, 3.63) is 102 Å². The molecule has 5 heterocycles. The molecule has 0 unspecified atom stereocenters. The normalized spacial score (nSPS) is 13.7. The number of hydrogen-bond acceptors (Lipinski definition) is 7. The van der Waals surface area contributed by atoms with E-state index in [1.807, 2.05) is 78.5 Å². The third-order valence-electron chi connectivity index (χ3n) is 8.10. The van der Waals surface area contributed by atoms with E-state index in [2.05, 4.69) is 35.7 Å². The molecule has 0 atom stereocenters. The van der Waals surface area contributed by atoms with Gasteiger partial charge < -0.3 is 20.1 Å². The molecule has 1 aliphatic rings. The van der Waals surface area contributed by atoms with E-state index < -0.39 is 0 Å². The van der Waals surface area contributed by atoms with E-state index in [0.29, 0.717) is 22.4 Å². The van der Waals surface area contributed by atoms with Gasteiger partial charge in [0, 0.05) is 78.7 Å². The fraction of sp³-hybridized carbons (Fsp3) is 0.182. The largest absolute Gasteiger partial charge is 0.370 e. The fourth-order valence-electron chi connectivity index (χ4n) is 5.71. The number of nitrogens with zero attached hydrogens (tertiary/aromatic N) is 6. The second-order valence-corrected chi connectivity index (χ2v) is 11.3. The Labute approximate surface area is 259 Å². The summed E-state index contributed by atoms with van der Waals surface area (Å²) >= 11 is 6.33. The number of carbonyl (C=O) groups excluding carboxylic acids is 1. The van der Waals surface area contributed by atoms with E-state index in [1.165, 1.54) is 0 Å². The summed E-state index contributed by atoms with van der Waals surface area (Å²) < 4.78 is 1.93. The first-order valence-corrected chi connectivity index (χ1v) is 14.8. The highest BCUT2D eigenvalue weighted by Gasteiger charge is 2.24. The number of carbonyl (C=O) groups is 1. The minimum absolute atomic E-state index is 0.0770. The molecule has 1 saturated heterocycles. The average molecular weight is 604 g/mol. The quantitative estimate of drug-likeness (QED) is 0.198. The number of aromatic amines is 1. The zero-order chi connectivity index (χ0) is 30.0. The van der Waals surface area contributed by atoms with Crippen LogP contribution in [0.25, 0.3) is 33.4 Å². The molecule has 220 valence electrons. The molecule has 2 aromatic carbocycles. The smallest absolute Gasteiger partial charge is 0.268 e. The van der Waals surface area contributed by atoms with Gasteiger partial charge in [-0.25, -0.2) is 9.97 Å². The summed E-state index contributed by atoms with van der Waals surface area (Å²) in [5.74, 6) is 1.21. The van der Waals surface area contributed by atoms with Gasteiger partial charge in [-0.2, -0.15) is 5.10 Å². The number of aromatic nitrogens is 6. The number of fused-ring (bicyclic) bond motifs is 1. The lowest BCUT2D eigenvalue weighted by Crippen LogP contribution is -2.45. The zero-order valence-electron chi connectivity index (χ0n) is 24.0. The molecule has 1 aliphatic heterocycles. The van der Waals surface area contributed by atoms with Crippen LogP contribution < -0.4 is 15.5 Å². The van der Waals surface area contributed by atoms with Crippen molar-refractivity contribution in [2.75, 3.05) is 23.3 Å². The van der Waals surface area contributed by atoms with Crippen LogP contribution in [0.4, 0.5) is 17.2 Å². The highest BCUT2D eigenvalue weighted by molar-refractivity contribution is 6.33. The standard InChI is InChI=1S/C33H30ClN9O/c1-42-29-17-23(32-36-13-9-31(41-32)39-25-6-4-21(5-7-25)24-18-37-38-19-24)3-2-22(29)16-30(42)33(44)40-26-10-14-43(15-11-26)28-8-12-35-20-27(28)34/h2-9,12-13,16-20,26H,10-11,14-15H2,1H3,(H,37,38)(H,40,44)(H,36,39,41). The third kappa shape index (κ3) is 5.59. The molecule has 4 aromatic heterocycles. The van der Waals surface area contributed by atoms with Crippen LogP contribution in [0, 0.1) is 0 Å². The van der Waals surface area contributed by atoms with E-state index in [-0.39, 0.29) is 11.9 Å². The van der Waals surface area contributed by atoms with Gasteiger partial charge in [0.25, 0.3) is 5.91 Å². The summed E-state index contributed by atoms with van der Waals surface area (Å²) in [6.07, 6.45) is 10.5. The molecule has 0 spiro atoms. The molecule has 1 fully saturated rings. The van der Waals surface area contributed by atoms with E-state index in [1.54, 1.807) is 24.8 Å². The van der Waals surface area contributed by atoms with Crippen LogP contribution in [0.5, 0.6) is 0 Å². The molecule has 11 heteroatoms. The second-order valence-electron chi connectivity index (χ2n) is 10.9. The van der Waals surface area contributed by atoms with Gasteiger partial charge in [0.1, 0.15) is 11.5 Å². The minimum Gasteiger partial charge on any atom is -0.370 e. The Morgan fingerprint density at radius 1 is 0.955 bits per heavy atom. The van der Waals surface area contributed by atoms with Crippen molar-refractivity contribution in [3.8, 4) is 22.5 Å². The van der Waals surface area contributed by atoms with Crippen LogP contribution in [0.2, 0.25) is 5.02 Å². The molecule has 0 aliphatic carbocycles. The molecule has 3 N–H and O–H groups in total. The lowest BCUT2D eigenvalue weighted by atomic mass is 10.0. The van der Waals surface area contributed by atoms with Crippen molar-refractivity contribution in [1.82, 2.24) is 35.0 Å². The highest BCUT2D eigenvalue weighted by atomic mass is 35.5. The number of nitrogens with one attached hydrogen (secondary N) is 3. The molecule has 0 radical (unpaired) electrons. The number of benzene rings is 2. The molecule has 6 aromatic rings. The Balaban J connectivity index is 1.03. The number of rotatable bonds is 7. The maximum absolute atomic E-state index is 13.4. The van der Waals surface area contributed by atoms with Crippen LogP contribution in [-0.4, -0.2) is 54.8 Å². The summed E-state index contributed by atoms with van der Waals surface area (Å²) in [6.45, 7) is 1.63. The van der Waals surface area contributed by atoms with Gasteiger partial charge in [-0.3, -0.25) is 14.9 Å². The monoisotopic (exact) mass is 603 g/mol. The Bertz CT molecular complexity index is 1930. The van der Waals surface area contributed by atoms with Crippen LogP contribution in [0.3, 0.4) is 0 Å². The summed E-state index contributed by atoms with van der Waals surface area (Å²) in [7, 11) is 1.92. The predicted molar refractivity (Wildman–Crippen MR) is 173 cm³/mol. The first-order chi connectivity index (χ1) is 21.5. The Kier molecular flexibility index (Phi) is 7.41. The number of H-pyrrole nitrogens is 1. The predicted octanol–water partition coefficient (Wildman–Crippen LogP) is 6.22. The molecular formula is C33H30ClN9O. The van der Waals surface area contributed by atoms with Crippen LogP contribution >= 0.6 is 11.6 Å². The fourth-order valence-corrected chi connectivity index (χ4v) is 5.94. The summed E-state index contributed by atoms with van der Waals surface area (Å²) in [5, 5.41) is 15.1. The number of aryl methyl sites for hydroxylation is 1.